The molecule has 1 heterocycles. The Morgan fingerprint density at radius 2 is 2.37 bits per heavy atom. The van der Waals surface area contributed by atoms with Crippen LogP contribution in [-0.2, 0) is 4.79 Å². The molecule has 100 valence electrons. The molecule has 6 nitrogen and oxygen atoms in total. The summed E-state index contributed by atoms with van der Waals surface area (Å²) >= 11 is 1.15. The van der Waals surface area contributed by atoms with Crippen molar-refractivity contribution in [3.05, 3.63) is 35.9 Å². The number of rotatable bonds is 4. The Bertz CT molecular complexity index is 601. The number of aromatic nitrogens is 3. The van der Waals surface area contributed by atoms with E-state index in [9.17, 15) is 9.18 Å². The van der Waals surface area contributed by atoms with Crippen molar-refractivity contribution >= 4 is 23.4 Å². The second-order valence-corrected chi connectivity index (χ2v) is 4.76. The predicted octanol–water partition coefficient (Wildman–Crippen LogP) is 1.17. The molecule has 19 heavy (non-hydrogen) atoms. The number of nitrogens with zero attached hydrogens (tertiary/aromatic N) is 3. The van der Waals surface area contributed by atoms with E-state index < -0.39 is 0 Å². The third kappa shape index (κ3) is 3.44. The van der Waals surface area contributed by atoms with E-state index in [0.29, 0.717) is 16.4 Å². The fraction of sp³-hybridized carbons (Fsp3) is 0.182. The van der Waals surface area contributed by atoms with Crippen LogP contribution in [0.25, 0.3) is 0 Å². The van der Waals surface area contributed by atoms with E-state index in [1.54, 1.807) is 19.1 Å². The maximum absolute atomic E-state index is 13.3. The first kappa shape index (κ1) is 13.3. The number of thioether (sulfide) groups is 1. The van der Waals surface area contributed by atoms with Gasteiger partial charge in [-0.15, -0.1) is 10.2 Å². The lowest BCUT2D eigenvalue weighted by Crippen LogP contribution is -2.15. The Kier molecular flexibility index (Phi) is 4.00. The first-order chi connectivity index (χ1) is 9.06. The average molecular weight is 281 g/mol. The first-order valence-electron chi connectivity index (χ1n) is 5.40. The molecule has 0 bridgehead atoms. The number of amides is 1. The maximum atomic E-state index is 13.3. The highest BCUT2D eigenvalue weighted by molar-refractivity contribution is 7.99. The number of hydrogen-bond donors (Lipinski definition) is 2. The summed E-state index contributed by atoms with van der Waals surface area (Å²) in [6, 6.07) is 4.53. The van der Waals surface area contributed by atoms with Crippen LogP contribution in [0.5, 0.6) is 0 Å². The van der Waals surface area contributed by atoms with Gasteiger partial charge in [0.15, 0.2) is 0 Å². The zero-order chi connectivity index (χ0) is 13.8. The van der Waals surface area contributed by atoms with Crippen LogP contribution in [0.2, 0.25) is 0 Å². The van der Waals surface area contributed by atoms with Crippen LogP contribution in [0.4, 0.5) is 10.1 Å². The summed E-state index contributed by atoms with van der Waals surface area (Å²) in [4.78, 5) is 11.7. The number of nitrogens with two attached hydrogens (primary N) is 1. The molecule has 3 N–H and O–H groups in total. The zero-order valence-electron chi connectivity index (χ0n) is 10.1. The van der Waals surface area contributed by atoms with Crippen LogP contribution in [0.3, 0.4) is 0 Å². The molecular weight excluding hydrogens is 269 g/mol. The molecule has 0 unspecified atom stereocenters. The summed E-state index contributed by atoms with van der Waals surface area (Å²) in [5.41, 5.74) is 0.950. The van der Waals surface area contributed by atoms with Gasteiger partial charge in [-0.3, -0.25) is 4.79 Å². The number of benzene rings is 1. The minimum atomic E-state index is -0.354. The molecule has 0 saturated carbocycles. The number of carbonyl (C=O) groups excluding carboxylic acids is 1. The molecule has 0 aliphatic carbocycles. The minimum Gasteiger partial charge on any atom is -0.336 e. The molecule has 8 heteroatoms. The van der Waals surface area contributed by atoms with Gasteiger partial charge in [-0.05, 0) is 24.6 Å². The minimum absolute atomic E-state index is 0.116. The van der Waals surface area contributed by atoms with E-state index in [4.69, 9.17) is 5.84 Å². The van der Waals surface area contributed by atoms with Crippen LogP contribution in [0, 0.1) is 12.7 Å². The summed E-state index contributed by atoms with van der Waals surface area (Å²) in [5, 5.41) is 10.4. The molecule has 1 amide bonds. The highest BCUT2D eigenvalue weighted by Crippen LogP contribution is 2.16. The highest BCUT2D eigenvalue weighted by atomic mass is 32.2. The van der Waals surface area contributed by atoms with Gasteiger partial charge in [-0.1, -0.05) is 17.8 Å². The van der Waals surface area contributed by atoms with Crippen LogP contribution < -0.4 is 11.2 Å². The predicted molar refractivity (Wildman–Crippen MR) is 70.7 cm³/mol. The number of aryl methyl sites for hydroxylation is 1. The Morgan fingerprint density at radius 1 is 1.58 bits per heavy atom. The average Bonchev–Trinajstić information content (AvgIpc) is 2.77. The van der Waals surface area contributed by atoms with Crippen molar-refractivity contribution < 1.29 is 9.18 Å². The fourth-order valence-electron chi connectivity index (χ4n) is 1.33. The van der Waals surface area contributed by atoms with E-state index in [-0.39, 0.29) is 17.5 Å². The third-order valence-electron chi connectivity index (χ3n) is 2.33. The molecule has 0 spiro atoms. The molecule has 0 radical (unpaired) electrons. The summed E-state index contributed by atoms with van der Waals surface area (Å²) in [5.74, 6) is 5.00. The van der Waals surface area contributed by atoms with Gasteiger partial charge < -0.3 is 11.2 Å². The number of halogens is 1. The smallest absolute Gasteiger partial charge is 0.234 e. The second kappa shape index (κ2) is 5.70. The number of anilines is 1. The van der Waals surface area contributed by atoms with Crippen LogP contribution in [0.15, 0.2) is 29.7 Å². The van der Waals surface area contributed by atoms with E-state index in [0.717, 1.165) is 11.8 Å². The van der Waals surface area contributed by atoms with Crippen molar-refractivity contribution in [2.75, 3.05) is 16.9 Å². The van der Waals surface area contributed by atoms with Crippen molar-refractivity contribution in [1.29, 1.82) is 0 Å². The lowest BCUT2D eigenvalue weighted by molar-refractivity contribution is -0.113. The number of nitrogens with one attached hydrogen (secondary N) is 1. The number of nitrogen functional groups attached to an aromatic ring is 1. The number of carbonyl (C=O) groups is 1. The standard InChI is InChI=1S/C11H12FN5OS/c1-7-2-3-8(4-9(7)12)15-10(18)5-19-11-16-14-6-17(11)13/h2-4,6H,5,13H2,1H3,(H,15,18). The second-order valence-electron chi connectivity index (χ2n) is 3.82. The van der Waals surface area contributed by atoms with Gasteiger partial charge in [-0.2, -0.15) is 0 Å². The van der Waals surface area contributed by atoms with Crippen LogP contribution in [0.1, 0.15) is 5.56 Å². The van der Waals surface area contributed by atoms with Crippen molar-refractivity contribution in [2.24, 2.45) is 0 Å². The van der Waals surface area contributed by atoms with Crippen molar-refractivity contribution in [2.45, 2.75) is 12.1 Å². The van der Waals surface area contributed by atoms with E-state index in [1.807, 2.05) is 0 Å². The monoisotopic (exact) mass is 281 g/mol. The SMILES string of the molecule is Cc1ccc(NC(=O)CSc2nncn2N)cc1F. The van der Waals surface area contributed by atoms with Gasteiger partial charge in [0, 0.05) is 5.69 Å². The summed E-state index contributed by atoms with van der Waals surface area (Å²) in [6.45, 7) is 1.66. The Hall–Kier alpha value is -2.09. The van der Waals surface area contributed by atoms with Crippen molar-refractivity contribution in [3.63, 3.8) is 0 Å². The molecular formula is C11H12FN5OS. The highest BCUT2D eigenvalue weighted by Gasteiger charge is 2.08. The maximum Gasteiger partial charge on any atom is 0.234 e. The third-order valence-corrected chi connectivity index (χ3v) is 3.29. The normalized spacial score (nSPS) is 10.4. The van der Waals surface area contributed by atoms with Gasteiger partial charge in [0.05, 0.1) is 5.75 Å². The van der Waals surface area contributed by atoms with Gasteiger partial charge >= 0.3 is 0 Å². The molecule has 0 fully saturated rings. The summed E-state index contributed by atoms with van der Waals surface area (Å²) in [7, 11) is 0. The topological polar surface area (TPSA) is 85.8 Å². The number of hydrogen-bond acceptors (Lipinski definition) is 5. The Morgan fingerprint density at radius 3 is 3.00 bits per heavy atom. The zero-order valence-corrected chi connectivity index (χ0v) is 10.9. The molecule has 0 aliphatic heterocycles. The van der Waals surface area contributed by atoms with E-state index >= 15 is 0 Å². The van der Waals surface area contributed by atoms with Gasteiger partial charge in [0.2, 0.25) is 11.1 Å². The van der Waals surface area contributed by atoms with Crippen molar-refractivity contribution in [3.8, 4) is 0 Å². The largest absolute Gasteiger partial charge is 0.336 e. The molecule has 2 aromatic rings. The Labute approximate surface area is 113 Å². The fourth-order valence-corrected chi connectivity index (χ4v) is 1.97. The van der Waals surface area contributed by atoms with E-state index in [2.05, 4.69) is 15.5 Å². The van der Waals surface area contributed by atoms with Gasteiger partial charge in [-0.25, -0.2) is 9.07 Å². The van der Waals surface area contributed by atoms with Gasteiger partial charge in [0.25, 0.3) is 0 Å². The molecule has 0 atom stereocenters. The molecule has 2 rings (SSSR count). The molecule has 1 aromatic carbocycles. The molecule has 0 aliphatic rings. The Balaban J connectivity index is 1.91. The lowest BCUT2D eigenvalue weighted by Gasteiger charge is -2.05. The quantitative estimate of drug-likeness (QED) is 0.649. The summed E-state index contributed by atoms with van der Waals surface area (Å²) in [6.07, 6.45) is 1.34. The lowest BCUT2D eigenvalue weighted by atomic mass is 10.2. The summed E-state index contributed by atoms with van der Waals surface area (Å²) < 4.78 is 14.5. The van der Waals surface area contributed by atoms with Crippen molar-refractivity contribution in [1.82, 2.24) is 14.9 Å². The molecule has 0 saturated heterocycles. The van der Waals surface area contributed by atoms with Gasteiger partial charge in [0.1, 0.15) is 12.1 Å². The van der Waals surface area contributed by atoms with E-state index in [1.165, 1.54) is 17.1 Å². The van der Waals surface area contributed by atoms with Crippen LogP contribution >= 0.6 is 11.8 Å². The van der Waals surface area contributed by atoms with Crippen LogP contribution in [-0.4, -0.2) is 26.5 Å². The molecule has 1 aromatic heterocycles. The first-order valence-corrected chi connectivity index (χ1v) is 6.38.